The Morgan fingerprint density at radius 2 is 1.71 bits per heavy atom. The highest BCUT2D eigenvalue weighted by Crippen LogP contribution is 2.38. The van der Waals surface area contributed by atoms with E-state index in [0.29, 0.717) is 22.5 Å². The summed E-state index contributed by atoms with van der Waals surface area (Å²) in [5, 5.41) is 2.83. The number of para-hydroxylation sites is 1. The molecule has 0 unspecified atom stereocenters. The van der Waals surface area contributed by atoms with Crippen molar-refractivity contribution in [1.29, 1.82) is 0 Å². The molecule has 1 aromatic heterocycles. The lowest BCUT2D eigenvalue weighted by Gasteiger charge is -2.11. The molecule has 28 heavy (non-hydrogen) atoms. The molecule has 0 fully saturated rings. The van der Waals surface area contributed by atoms with Gasteiger partial charge in [-0.3, -0.25) is 4.79 Å². The number of amides is 1. The number of aromatic nitrogens is 1. The molecule has 0 spiro atoms. The fraction of sp³-hybridized carbons (Fsp3) is 0.130. The number of ether oxygens (including phenoxy) is 1. The van der Waals surface area contributed by atoms with Crippen molar-refractivity contribution in [3.05, 3.63) is 88.7 Å². The Bertz CT molecular complexity index is 1090. The SMILES string of the molecule is Cc1cc(C)c(/C(C(=O)OCc2ccccc2)=C2\C(=O)Nc3ccccc32)[nH]1. The van der Waals surface area contributed by atoms with E-state index in [1.54, 1.807) is 0 Å². The van der Waals surface area contributed by atoms with Crippen LogP contribution in [0.2, 0.25) is 0 Å². The van der Waals surface area contributed by atoms with Crippen molar-refractivity contribution in [3.8, 4) is 0 Å². The first kappa shape index (κ1) is 17.8. The minimum Gasteiger partial charge on any atom is -0.457 e. The van der Waals surface area contributed by atoms with E-state index < -0.39 is 5.97 Å². The van der Waals surface area contributed by atoms with Crippen LogP contribution >= 0.6 is 0 Å². The largest absolute Gasteiger partial charge is 0.457 e. The number of hydrogen-bond acceptors (Lipinski definition) is 3. The maximum Gasteiger partial charge on any atom is 0.341 e. The first-order valence-electron chi connectivity index (χ1n) is 9.07. The van der Waals surface area contributed by atoms with Crippen LogP contribution in [0.5, 0.6) is 0 Å². The quantitative estimate of drug-likeness (QED) is 0.532. The van der Waals surface area contributed by atoms with Gasteiger partial charge in [-0.15, -0.1) is 0 Å². The highest BCUT2D eigenvalue weighted by molar-refractivity contribution is 6.44. The number of esters is 1. The summed E-state index contributed by atoms with van der Waals surface area (Å²) in [7, 11) is 0. The molecule has 0 radical (unpaired) electrons. The fourth-order valence-electron chi connectivity index (χ4n) is 3.48. The molecule has 0 atom stereocenters. The Morgan fingerprint density at radius 1 is 1.00 bits per heavy atom. The maximum atomic E-state index is 13.1. The van der Waals surface area contributed by atoms with Crippen LogP contribution in [0, 0.1) is 13.8 Å². The molecule has 140 valence electrons. The number of aromatic amines is 1. The zero-order valence-corrected chi connectivity index (χ0v) is 15.7. The second-order valence-corrected chi connectivity index (χ2v) is 6.82. The molecule has 0 aliphatic carbocycles. The molecule has 2 aromatic carbocycles. The second kappa shape index (κ2) is 7.19. The first-order chi connectivity index (χ1) is 13.5. The minimum atomic E-state index is -0.532. The topological polar surface area (TPSA) is 71.2 Å². The molecule has 0 saturated carbocycles. The number of rotatable bonds is 4. The second-order valence-electron chi connectivity index (χ2n) is 6.82. The Labute approximate surface area is 163 Å². The van der Waals surface area contributed by atoms with Gasteiger partial charge in [-0.1, -0.05) is 48.5 Å². The molecule has 1 aliphatic heterocycles. The summed E-state index contributed by atoms with van der Waals surface area (Å²) in [4.78, 5) is 29.1. The maximum absolute atomic E-state index is 13.1. The summed E-state index contributed by atoms with van der Waals surface area (Å²) in [5.74, 6) is -0.838. The summed E-state index contributed by atoms with van der Waals surface area (Å²) < 4.78 is 5.59. The number of nitrogens with one attached hydrogen (secondary N) is 2. The normalized spacial score (nSPS) is 14.4. The molecule has 2 N–H and O–H groups in total. The Kier molecular flexibility index (Phi) is 4.57. The summed E-state index contributed by atoms with van der Waals surface area (Å²) in [6, 6.07) is 18.8. The van der Waals surface area contributed by atoms with Gasteiger partial charge in [0.2, 0.25) is 0 Å². The zero-order valence-electron chi connectivity index (χ0n) is 15.7. The third-order valence-electron chi connectivity index (χ3n) is 4.74. The Hall–Kier alpha value is -3.60. The molecule has 0 bridgehead atoms. The number of anilines is 1. The standard InChI is InChI=1S/C23H20N2O3/c1-14-12-15(2)24-21(14)20(23(27)28-13-16-8-4-3-5-9-16)19-17-10-6-7-11-18(17)25-22(19)26/h3-12,24H,13H2,1-2H3,(H,25,26)/b20-19+. The van der Waals surface area contributed by atoms with Crippen LogP contribution in [-0.2, 0) is 20.9 Å². The van der Waals surface area contributed by atoms with Crippen molar-refractivity contribution < 1.29 is 14.3 Å². The number of benzene rings is 2. The third-order valence-corrected chi connectivity index (χ3v) is 4.74. The van der Waals surface area contributed by atoms with Crippen LogP contribution < -0.4 is 5.32 Å². The molecule has 0 saturated heterocycles. The predicted molar refractivity (Wildman–Crippen MR) is 108 cm³/mol. The van der Waals surface area contributed by atoms with Crippen LogP contribution in [-0.4, -0.2) is 16.9 Å². The van der Waals surface area contributed by atoms with Crippen LogP contribution in [0.3, 0.4) is 0 Å². The third kappa shape index (κ3) is 3.22. The fourth-order valence-corrected chi connectivity index (χ4v) is 3.48. The number of aryl methyl sites for hydroxylation is 2. The highest BCUT2D eigenvalue weighted by Gasteiger charge is 2.32. The predicted octanol–water partition coefficient (Wildman–Crippen LogP) is 4.24. The van der Waals surface area contributed by atoms with Gasteiger partial charge in [-0.25, -0.2) is 4.79 Å². The number of carbonyl (C=O) groups excluding carboxylic acids is 2. The molecular formula is C23H20N2O3. The van der Waals surface area contributed by atoms with Crippen LogP contribution in [0.4, 0.5) is 5.69 Å². The zero-order chi connectivity index (χ0) is 19.7. The van der Waals surface area contributed by atoms with Gasteiger partial charge in [-0.05, 0) is 37.1 Å². The van der Waals surface area contributed by atoms with E-state index in [0.717, 1.165) is 16.8 Å². The van der Waals surface area contributed by atoms with Crippen molar-refractivity contribution in [1.82, 2.24) is 4.98 Å². The van der Waals surface area contributed by atoms with Crippen molar-refractivity contribution in [2.75, 3.05) is 5.32 Å². The molecular weight excluding hydrogens is 352 g/mol. The van der Waals surface area contributed by atoms with Crippen molar-refractivity contribution in [3.63, 3.8) is 0 Å². The van der Waals surface area contributed by atoms with Crippen LogP contribution in [0.25, 0.3) is 11.1 Å². The first-order valence-corrected chi connectivity index (χ1v) is 9.07. The van der Waals surface area contributed by atoms with Gasteiger partial charge in [0, 0.05) is 16.9 Å². The van der Waals surface area contributed by atoms with Crippen molar-refractivity contribution in [2.24, 2.45) is 0 Å². The molecule has 2 heterocycles. The van der Waals surface area contributed by atoms with Crippen molar-refractivity contribution in [2.45, 2.75) is 20.5 Å². The van der Waals surface area contributed by atoms with E-state index in [-0.39, 0.29) is 18.1 Å². The van der Waals surface area contributed by atoms with Gasteiger partial charge in [0.25, 0.3) is 5.91 Å². The van der Waals surface area contributed by atoms with Crippen LogP contribution in [0.15, 0.2) is 60.7 Å². The summed E-state index contributed by atoms with van der Waals surface area (Å²) in [6.07, 6.45) is 0. The van der Waals surface area contributed by atoms with Gasteiger partial charge in [0.1, 0.15) is 6.61 Å². The average molecular weight is 372 g/mol. The summed E-state index contributed by atoms with van der Waals surface area (Å²) >= 11 is 0. The van der Waals surface area contributed by atoms with Crippen LogP contribution in [0.1, 0.15) is 28.1 Å². The minimum absolute atomic E-state index is 0.137. The molecule has 5 nitrogen and oxygen atoms in total. The van der Waals surface area contributed by atoms with Gasteiger partial charge < -0.3 is 15.0 Å². The molecule has 1 amide bonds. The van der Waals surface area contributed by atoms with Gasteiger partial charge in [-0.2, -0.15) is 0 Å². The van der Waals surface area contributed by atoms with Gasteiger partial charge in [0.05, 0.1) is 16.8 Å². The number of H-pyrrole nitrogens is 1. The Morgan fingerprint density at radius 3 is 2.43 bits per heavy atom. The molecule has 5 heteroatoms. The Balaban J connectivity index is 1.80. The van der Waals surface area contributed by atoms with E-state index in [2.05, 4.69) is 10.3 Å². The van der Waals surface area contributed by atoms with Gasteiger partial charge >= 0.3 is 5.97 Å². The number of fused-ring (bicyclic) bond motifs is 1. The molecule has 4 rings (SSSR count). The van der Waals surface area contributed by atoms with E-state index in [4.69, 9.17) is 4.74 Å². The van der Waals surface area contributed by atoms with E-state index in [1.165, 1.54) is 0 Å². The average Bonchev–Trinajstić information content (AvgIpc) is 3.20. The van der Waals surface area contributed by atoms with E-state index in [9.17, 15) is 9.59 Å². The van der Waals surface area contributed by atoms with Crippen molar-refractivity contribution >= 4 is 28.7 Å². The molecule has 3 aromatic rings. The van der Waals surface area contributed by atoms with E-state index >= 15 is 0 Å². The summed E-state index contributed by atoms with van der Waals surface area (Å²) in [5.41, 5.74) is 5.26. The smallest absolute Gasteiger partial charge is 0.341 e. The lowest BCUT2D eigenvalue weighted by atomic mass is 9.97. The molecule has 1 aliphatic rings. The summed E-state index contributed by atoms with van der Waals surface area (Å²) in [6.45, 7) is 3.96. The lowest BCUT2D eigenvalue weighted by molar-refractivity contribution is -0.137. The number of carbonyl (C=O) groups is 2. The lowest BCUT2D eigenvalue weighted by Crippen LogP contribution is -2.14. The van der Waals surface area contributed by atoms with E-state index in [1.807, 2.05) is 74.5 Å². The monoisotopic (exact) mass is 372 g/mol. The van der Waals surface area contributed by atoms with Gasteiger partial charge in [0.15, 0.2) is 0 Å². The number of hydrogen-bond donors (Lipinski definition) is 2. The highest BCUT2D eigenvalue weighted by atomic mass is 16.5.